The first-order valence-corrected chi connectivity index (χ1v) is 12.0. The predicted octanol–water partition coefficient (Wildman–Crippen LogP) is 5.83. The Bertz CT molecular complexity index is 1330. The van der Waals surface area contributed by atoms with E-state index < -0.39 is 0 Å². The number of ether oxygens (including phenoxy) is 2. The SMILES string of the molecule is COc1ccc(N2C(=S)N[C@@H](c3ccccn3)[C@@H]2c2cccn2-c2cccc(Br)c2)c(OC)c1. The molecule has 3 heterocycles. The lowest BCUT2D eigenvalue weighted by Gasteiger charge is -2.30. The van der Waals surface area contributed by atoms with Crippen LogP contribution in [-0.4, -0.2) is 28.9 Å². The molecule has 0 bridgehead atoms. The van der Waals surface area contributed by atoms with Gasteiger partial charge >= 0.3 is 0 Å². The highest BCUT2D eigenvalue weighted by atomic mass is 79.9. The standard InChI is InChI=1S/C26H23BrN4O2S/c1-32-19-11-12-21(23(16-19)33-2)31-25(24(29-26(31)34)20-9-3-4-13-28-20)22-10-6-14-30(22)18-8-5-7-17(27)15-18/h3-16,24-25H,1-2H3,(H,29,34)/t24-,25-/m0/s1. The first-order valence-electron chi connectivity index (χ1n) is 10.8. The number of nitrogens with one attached hydrogen (secondary N) is 1. The zero-order valence-corrected chi connectivity index (χ0v) is 21.1. The smallest absolute Gasteiger partial charge is 0.174 e. The molecule has 0 unspecified atom stereocenters. The average molecular weight is 535 g/mol. The lowest BCUT2D eigenvalue weighted by Crippen LogP contribution is -2.30. The zero-order valence-electron chi connectivity index (χ0n) is 18.7. The molecule has 4 aromatic rings. The normalized spacial score (nSPS) is 17.5. The maximum atomic E-state index is 5.88. The Hall–Kier alpha value is -3.36. The van der Waals surface area contributed by atoms with Crippen LogP contribution in [0.5, 0.6) is 11.5 Å². The third kappa shape index (κ3) is 4.03. The summed E-state index contributed by atoms with van der Waals surface area (Å²) in [6.07, 6.45) is 3.87. The van der Waals surface area contributed by atoms with Crippen LogP contribution < -0.4 is 19.7 Å². The Morgan fingerprint density at radius 1 is 0.971 bits per heavy atom. The molecule has 0 aliphatic carbocycles. The van der Waals surface area contributed by atoms with Gasteiger partial charge in [0.15, 0.2) is 5.11 Å². The number of thiocarbonyl (C=S) groups is 1. The first-order chi connectivity index (χ1) is 16.6. The van der Waals surface area contributed by atoms with E-state index >= 15 is 0 Å². The molecule has 34 heavy (non-hydrogen) atoms. The molecule has 5 rings (SSSR count). The molecule has 1 fully saturated rings. The number of halogens is 1. The number of methoxy groups -OCH3 is 2. The Kier molecular flexibility index (Phi) is 6.26. The van der Waals surface area contributed by atoms with Gasteiger partial charge in [-0.1, -0.05) is 28.1 Å². The minimum absolute atomic E-state index is 0.165. The van der Waals surface area contributed by atoms with Gasteiger partial charge in [-0.25, -0.2) is 0 Å². The summed E-state index contributed by atoms with van der Waals surface area (Å²) in [4.78, 5) is 6.76. The summed E-state index contributed by atoms with van der Waals surface area (Å²) in [5.74, 6) is 1.39. The molecule has 0 radical (unpaired) electrons. The van der Waals surface area contributed by atoms with Crippen LogP contribution in [0.4, 0.5) is 5.69 Å². The summed E-state index contributed by atoms with van der Waals surface area (Å²) < 4.78 is 14.4. The third-order valence-electron chi connectivity index (χ3n) is 5.91. The predicted molar refractivity (Wildman–Crippen MR) is 141 cm³/mol. The summed E-state index contributed by atoms with van der Waals surface area (Å²) in [7, 11) is 3.29. The number of pyridine rings is 1. The van der Waals surface area contributed by atoms with Gasteiger partial charge in [-0.15, -0.1) is 0 Å². The number of anilines is 1. The van der Waals surface area contributed by atoms with Crippen LogP contribution in [0.15, 0.2) is 89.7 Å². The van der Waals surface area contributed by atoms with E-state index in [1.165, 1.54) is 0 Å². The summed E-state index contributed by atoms with van der Waals surface area (Å²) in [6, 6.07) is 23.8. The summed E-state index contributed by atoms with van der Waals surface area (Å²) in [5, 5.41) is 4.12. The van der Waals surface area contributed by atoms with Crippen LogP contribution in [0.25, 0.3) is 5.69 Å². The van der Waals surface area contributed by atoms with Crippen molar-refractivity contribution in [2.24, 2.45) is 0 Å². The number of hydrogen-bond donors (Lipinski definition) is 1. The van der Waals surface area contributed by atoms with Crippen molar-refractivity contribution in [1.29, 1.82) is 0 Å². The fraction of sp³-hybridized carbons (Fsp3) is 0.154. The van der Waals surface area contributed by atoms with E-state index in [1.54, 1.807) is 20.4 Å². The van der Waals surface area contributed by atoms with E-state index in [4.69, 9.17) is 21.7 Å². The van der Waals surface area contributed by atoms with Crippen molar-refractivity contribution in [1.82, 2.24) is 14.9 Å². The molecule has 0 saturated carbocycles. The van der Waals surface area contributed by atoms with Crippen LogP contribution in [0.1, 0.15) is 23.5 Å². The maximum Gasteiger partial charge on any atom is 0.174 e. The van der Waals surface area contributed by atoms with Crippen molar-refractivity contribution >= 4 is 38.9 Å². The Labute approximate surface area is 212 Å². The van der Waals surface area contributed by atoms with Crippen LogP contribution >= 0.6 is 28.1 Å². The quantitative estimate of drug-likeness (QED) is 0.314. The number of nitrogens with zero attached hydrogens (tertiary/aromatic N) is 3. The Balaban J connectivity index is 1.69. The van der Waals surface area contributed by atoms with E-state index in [-0.39, 0.29) is 12.1 Å². The largest absolute Gasteiger partial charge is 0.497 e. The number of hydrogen-bond acceptors (Lipinski definition) is 4. The van der Waals surface area contributed by atoms with Crippen LogP contribution in [0.3, 0.4) is 0 Å². The molecule has 172 valence electrons. The van der Waals surface area contributed by atoms with Crippen molar-refractivity contribution in [3.8, 4) is 17.2 Å². The van der Waals surface area contributed by atoms with E-state index in [1.807, 2.05) is 48.5 Å². The third-order valence-corrected chi connectivity index (χ3v) is 6.72. The first kappa shape index (κ1) is 22.4. The average Bonchev–Trinajstić information content (AvgIpc) is 3.48. The monoisotopic (exact) mass is 534 g/mol. The van der Waals surface area contributed by atoms with Crippen molar-refractivity contribution in [2.45, 2.75) is 12.1 Å². The minimum atomic E-state index is -0.182. The molecule has 1 N–H and O–H groups in total. The van der Waals surface area contributed by atoms with E-state index in [0.717, 1.165) is 27.2 Å². The lowest BCUT2D eigenvalue weighted by molar-refractivity contribution is 0.394. The van der Waals surface area contributed by atoms with Crippen molar-refractivity contribution in [3.63, 3.8) is 0 Å². The van der Waals surface area contributed by atoms with Gasteiger partial charge in [-0.05, 0) is 66.8 Å². The topological polar surface area (TPSA) is 51.5 Å². The Morgan fingerprint density at radius 2 is 1.85 bits per heavy atom. The minimum Gasteiger partial charge on any atom is -0.497 e. The molecule has 0 spiro atoms. The molecule has 2 atom stereocenters. The zero-order chi connectivity index (χ0) is 23.7. The number of aromatic nitrogens is 2. The van der Waals surface area contributed by atoms with Crippen LogP contribution in [0, 0.1) is 0 Å². The molecule has 1 aliphatic heterocycles. The molecule has 2 aromatic heterocycles. The molecule has 0 amide bonds. The Morgan fingerprint density at radius 3 is 2.59 bits per heavy atom. The van der Waals surface area contributed by atoms with Gasteiger partial charge < -0.3 is 24.3 Å². The maximum absolute atomic E-state index is 5.88. The van der Waals surface area contributed by atoms with Crippen molar-refractivity contribution in [2.75, 3.05) is 19.1 Å². The van der Waals surface area contributed by atoms with Crippen LogP contribution in [0.2, 0.25) is 0 Å². The lowest BCUT2D eigenvalue weighted by atomic mass is 10.0. The summed E-state index contributed by atoms with van der Waals surface area (Å²) >= 11 is 9.48. The molecule has 8 heteroatoms. The summed E-state index contributed by atoms with van der Waals surface area (Å²) in [6.45, 7) is 0. The van der Waals surface area contributed by atoms with Crippen molar-refractivity contribution in [3.05, 3.63) is 101 Å². The highest BCUT2D eigenvalue weighted by Gasteiger charge is 2.43. The van der Waals surface area contributed by atoms with E-state index in [2.05, 4.69) is 66.2 Å². The number of benzene rings is 2. The van der Waals surface area contributed by atoms with Gasteiger partial charge in [0.05, 0.1) is 31.6 Å². The van der Waals surface area contributed by atoms with Gasteiger partial charge in [-0.3, -0.25) is 4.98 Å². The molecule has 6 nitrogen and oxygen atoms in total. The molecule has 1 saturated heterocycles. The second-order valence-electron chi connectivity index (χ2n) is 7.82. The fourth-order valence-corrected chi connectivity index (χ4v) is 5.12. The van der Waals surface area contributed by atoms with Gasteiger partial charge in [-0.2, -0.15) is 0 Å². The molecular weight excluding hydrogens is 512 g/mol. The van der Waals surface area contributed by atoms with Crippen LogP contribution in [-0.2, 0) is 0 Å². The molecule has 1 aliphatic rings. The highest BCUT2D eigenvalue weighted by molar-refractivity contribution is 9.10. The van der Waals surface area contributed by atoms with Gasteiger partial charge in [0, 0.05) is 34.3 Å². The number of rotatable bonds is 6. The molecule has 2 aromatic carbocycles. The second-order valence-corrected chi connectivity index (χ2v) is 9.12. The van der Waals surface area contributed by atoms with Gasteiger partial charge in [0.2, 0.25) is 0 Å². The fourth-order valence-electron chi connectivity index (χ4n) is 4.39. The van der Waals surface area contributed by atoms with E-state index in [9.17, 15) is 0 Å². The van der Waals surface area contributed by atoms with Gasteiger partial charge in [0.25, 0.3) is 0 Å². The van der Waals surface area contributed by atoms with Gasteiger partial charge in [0.1, 0.15) is 17.5 Å². The molecular formula is C26H23BrN4O2S. The second kappa shape index (κ2) is 9.48. The van der Waals surface area contributed by atoms with E-state index in [0.29, 0.717) is 16.6 Å². The highest BCUT2D eigenvalue weighted by Crippen LogP contribution is 2.45. The van der Waals surface area contributed by atoms with Crippen molar-refractivity contribution < 1.29 is 9.47 Å². The summed E-state index contributed by atoms with van der Waals surface area (Å²) in [5.41, 5.74) is 3.88.